The quantitative estimate of drug-likeness (QED) is 0.0313. The molecule has 58 heavy (non-hydrogen) atoms. The average molecular weight is 814 g/mol. The number of benzene rings is 3. The van der Waals surface area contributed by atoms with Crippen LogP contribution in [-0.4, -0.2) is 94.7 Å². The number of nitrogens with one attached hydrogen (secondary N) is 2. The fourth-order valence-corrected chi connectivity index (χ4v) is 9.44. The van der Waals surface area contributed by atoms with E-state index in [0.29, 0.717) is 37.9 Å². The normalized spacial score (nSPS) is 22.7. The van der Waals surface area contributed by atoms with E-state index in [2.05, 4.69) is 32.5 Å². The number of aliphatic hydroxyl groups excluding tert-OH is 3. The Bertz CT molecular complexity index is 2090. The van der Waals surface area contributed by atoms with E-state index in [-0.39, 0.29) is 30.7 Å². The van der Waals surface area contributed by atoms with Crippen LogP contribution in [0.5, 0.6) is 0 Å². The number of aromatic nitrogens is 2. The molecule has 13 heteroatoms. The fourth-order valence-electron chi connectivity index (χ4n) is 8.36. The minimum Gasteiger partial charge on any atom is -0.441 e. The summed E-state index contributed by atoms with van der Waals surface area (Å²) in [6, 6.07) is 23.8. The van der Waals surface area contributed by atoms with Crippen molar-refractivity contribution in [2.45, 2.75) is 102 Å². The Balaban J connectivity index is 0.948. The number of aryl methyl sites for hydroxylation is 1. The van der Waals surface area contributed by atoms with E-state index < -0.39 is 40.5 Å². The number of esters is 1. The first-order chi connectivity index (χ1) is 27.9. The zero-order valence-corrected chi connectivity index (χ0v) is 34.4. The highest BCUT2D eigenvalue weighted by atomic mass is 32.2. The Morgan fingerprint density at radius 3 is 2.69 bits per heavy atom. The van der Waals surface area contributed by atoms with Gasteiger partial charge in [0.25, 0.3) is 0 Å². The summed E-state index contributed by atoms with van der Waals surface area (Å²) < 4.78 is 32.9. The van der Waals surface area contributed by atoms with Gasteiger partial charge in [-0.05, 0) is 106 Å². The number of carbonyl (C=O) groups excluding carboxylic acids is 1. The summed E-state index contributed by atoms with van der Waals surface area (Å²) >= 11 is 0. The molecule has 1 aliphatic carbocycles. The third-order valence-electron chi connectivity index (χ3n) is 11.2. The summed E-state index contributed by atoms with van der Waals surface area (Å²) in [5.41, 5.74) is 4.62. The first kappa shape index (κ1) is 43.1. The molecule has 2 heterocycles. The van der Waals surface area contributed by atoms with E-state index in [1.165, 1.54) is 0 Å². The number of carbonyl (C=O) groups is 1. The van der Waals surface area contributed by atoms with E-state index in [0.717, 1.165) is 70.6 Å². The van der Waals surface area contributed by atoms with Crippen molar-refractivity contribution in [1.29, 1.82) is 0 Å². The summed E-state index contributed by atoms with van der Waals surface area (Å²) in [6.45, 7) is 4.01. The lowest BCUT2D eigenvalue weighted by atomic mass is 9.89. The highest BCUT2D eigenvalue weighted by Crippen LogP contribution is 2.36. The van der Waals surface area contributed by atoms with Gasteiger partial charge in [-0.3, -0.25) is 14.8 Å². The predicted molar refractivity (Wildman–Crippen MR) is 228 cm³/mol. The van der Waals surface area contributed by atoms with E-state index in [9.17, 15) is 28.5 Å². The third-order valence-corrected chi connectivity index (χ3v) is 12.5. The first-order valence-electron chi connectivity index (χ1n) is 20.5. The van der Waals surface area contributed by atoms with E-state index in [1.807, 2.05) is 79.0 Å². The number of allylic oxidation sites excluding steroid dienone is 2. The molecular weight excluding hydrogens is 755 g/mol. The number of fused-ring (bicyclic) bond motifs is 1. The molecule has 0 bridgehead atoms. The SMILES string of the molecule is CC(OC(=O)CCC/C=C\C[C@@H]1[C@@H](/C=C/[C@@H](O)CCc2ccccc2)[C@H](O)C[C@@H]1O)N(c1cccc(CN2CCC[C@@H](Nc3ccc4[nH]ncc4c3)C2)c1)S(C)(=O)=O. The number of hydrogen-bond donors (Lipinski definition) is 5. The van der Waals surface area contributed by atoms with Gasteiger partial charge in [-0.15, -0.1) is 0 Å². The number of aromatic amines is 1. The maximum atomic E-state index is 13.1. The van der Waals surface area contributed by atoms with Crippen molar-refractivity contribution >= 4 is 38.3 Å². The fraction of sp³-hybridized carbons (Fsp3) is 0.467. The Kier molecular flexibility index (Phi) is 15.2. The molecule has 1 aliphatic heterocycles. The topological polar surface area (TPSA) is 168 Å². The number of sulfonamides is 1. The Morgan fingerprint density at radius 1 is 1.07 bits per heavy atom. The lowest BCUT2D eigenvalue weighted by Crippen LogP contribution is -2.42. The maximum absolute atomic E-state index is 13.1. The van der Waals surface area contributed by atoms with Crippen LogP contribution in [0.15, 0.2) is 103 Å². The van der Waals surface area contributed by atoms with Crippen LogP contribution in [0.25, 0.3) is 10.9 Å². The lowest BCUT2D eigenvalue weighted by molar-refractivity contribution is -0.147. The number of anilines is 2. The van der Waals surface area contributed by atoms with Crippen LogP contribution in [-0.2, 0) is 32.5 Å². The molecule has 1 saturated carbocycles. The van der Waals surface area contributed by atoms with Crippen LogP contribution in [0.1, 0.15) is 69.4 Å². The number of H-pyrrole nitrogens is 1. The summed E-state index contributed by atoms with van der Waals surface area (Å²) in [5, 5.41) is 43.6. The minimum absolute atomic E-state index is 0.115. The van der Waals surface area contributed by atoms with Gasteiger partial charge in [-0.2, -0.15) is 5.10 Å². The number of aliphatic hydroxyl groups is 3. The van der Waals surface area contributed by atoms with Gasteiger partial charge in [0.2, 0.25) is 10.0 Å². The van der Waals surface area contributed by atoms with Gasteiger partial charge >= 0.3 is 5.97 Å². The number of unbranched alkanes of at least 4 members (excludes halogenated alkanes) is 1. The van der Waals surface area contributed by atoms with Crippen molar-refractivity contribution in [2.75, 3.05) is 29.0 Å². The molecule has 2 aliphatic rings. The van der Waals surface area contributed by atoms with Crippen LogP contribution >= 0.6 is 0 Å². The molecule has 12 nitrogen and oxygen atoms in total. The second-order valence-corrected chi connectivity index (χ2v) is 17.8. The summed E-state index contributed by atoms with van der Waals surface area (Å²) in [7, 11) is -3.79. The molecule has 0 radical (unpaired) electrons. The summed E-state index contributed by atoms with van der Waals surface area (Å²) in [6.07, 6.45) is 12.9. The van der Waals surface area contributed by atoms with Crippen LogP contribution in [0.4, 0.5) is 11.4 Å². The second-order valence-electron chi connectivity index (χ2n) is 15.9. The zero-order valence-electron chi connectivity index (χ0n) is 33.6. The first-order valence-corrected chi connectivity index (χ1v) is 22.4. The van der Waals surface area contributed by atoms with Crippen molar-refractivity contribution in [3.05, 3.63) is 114 Å². The van der Waals surface area contributed by atoms with Gasteiger partial charge in [0.15, 0.2) is 6.23 Å². The third kappa shape index (κ3) is 12.2. The molecule has 1 saturated heterocycles. The largest absolute Gasteiger partial charge is 0.441 e. The summed E-state index contributed by atoms with van der Waals surface area (Å²) in [5.74, 6) is -0.941. The molecule has 1 unspecified atom stereocenters. The second kappa shape index (κ2) is 20.4. The summed E-state index contributed by atoms with van der Waals surface area (Å²) in [4.78, 5) is 15.3. The molecule has 3 aromatic carbocycles. The van der Waals surface area contributed by atoms with Crippen molar-refractivity contribution in [3.8, 4) is 0 Å². The Hall–Kier alpha value is -4.53. The molecule has 0 spiro atoms. The number of rotatable bonds is 19. The monoisotopic (exact) mass is 813 g/mol. The Morgan fingerprint density at radius 2 is 1.88 bits per heavy atom. The van der Waals surface area contributed by atoms with Gasteiger partial charge in [-0.25, -0.2) is 12.7 Å². The minimum atomic E-state index is -3.79. The zero-order chi connectivity index (χ0) is 41.1. The van der Waals surface area contributed by atoms with Gasteiger partial charge in [0.05, 0.1) is 42.0 Å². The van der Waals surface area contributed by atoms with Crippen molar-refractivity contribution in [2.24, 2.45) is 11.8 Å². The highest BCUT2D eigenvalue weighted by molar-refractivity contribution is 7.92. The molecule has 0 amide bonds. The number of ether oxygens (including phenoxy) is 1. The van der Waals surface area contributed by atoms with Crippen molar-refractivity contribution in [1.82, 2.24) is 15.1 Å². The average Bonchev–Trinajstić information content (AvgIpc) is 3.76. The van der Waals surface area contributed by atoms with E-state index >= 15 is 0 Å². The molecule has 2 fully saturated rings. The van der Waals surface area contributed by atoms with Crippen LogP contribution in [0.3, 0.4) is 0 Å². The Labute approximate surface area is 342 Å². The molecule has 6 rings (SSSR count). The molecule has 1 aromatic heterocycles. The van der Waals surface area contributed by atoms with Gasteiger partial charge < -0.3 is 25.4 Å². The number of likely N-dealkylation sites (tertiary alicyclic amines) is 1. The number of nitrogens with zero attached hydrogens (tertiary/aromatic N) is 3. The predicted octanol–water partition coefficient (Wildman–Crippen LogP) is 6.32. The molecule has 5 N–H and O–H groups in total. The number of hydrogen-bond acceptors (Lipinski definition) is 10. The van der Waals surface area contributed by atoms with E-state index in [4.69, 9.17) is 4.74 Å². The van der Waals surface area contributed by atoms with Gasteiger partial charge in [0, 0.05) is 49.0 Å². The van der Waals surface area contributed by atoms with Crippen molar-refractivity contribution < 1.29 is 33.3 Å². The number of piperidine rings is 1. The van der Waals surface area contributed by atoms with Crippen LogP contribution in [0, 0.1) is 11.8 Å². The smallest absolute Gasteiger partial charge is 0.307 e. The van der Waals surface area contributed by atoms with Crippen LogP contribution < -0.4 is 9.62 Å². The highest BCUT2D eigenvalue weighted by Gasteiger charge is 2.39. The molecule has 312 valence electrons. The molecule has 7 atom stereocenters. The lowest BCUT2D eigenvalue weighted by Gasteiger charge is -2.34. The van der Waals surface area contributed by atoms with Gasteiger partial charge in [0.1, 0.15) is 0 Å². The maximum Gasteiger partial charge on any atom is 0.307 e. The standard InChI is InChI=1S/C45H59N5O7S/c1-32(57-45(54)18-9-4-3-8-17-40-41(44(53)28-43(40)52)23-22-39(51)21-19-33-12-6-5-7-13-33)50(58(2,55)56)38-16-10-14-34(26-38)30-49-25-11-15-37(31-49)47-36-20-24-42-35(27-36)29-46-48-42/h3,5-8,10,12-14,16,20,22-24,26-27,29,32,37,39-41,43-44,47,51-53H,4,9,11,15,17-19,21,25,28,30-31H2,1-2H3,(H,46,48)/b8-3-,23-22+/t32?,37-,39+,40-,41-,43+,44-/m1/s1. The molecule has 4 aromatic rings. The van der Waals surface area contributed by atoms with Crippen molar-refractivity contribution in [3.63, 3.8) is 0 Å². The van der Waals surface area contributed by atoms with Gasteiger partial charge in [-0.1, -0.05) is 66.8 Å². The van der Waals surface area contributed by atoms with E-state index in [1.54, 1.807) is 19.1 Å². The van der Waals surface area contributed by atoms with Crippen LogP contribution in [0.2, 0.25) is 0 Å². The molecular formula is C45H59N5O7S.